The normalized spacial score (nSPS) is 10.4. The first-order valence-corrected chi connectivity index (χ1v) is 7.51. The zero-order valence-electron chi connectivity index (χ0n) is 12.2. The Kier molecular flexibility index (Phi) is 5.53. The zero-order valence-corrected chi connectivity index (χ0v) is 13.7. The third-order valence-corrected chi connectivity index (χ3v) is 4.13. The van der Waals surface area contributed by atoms with E-state index >= 15 is 0 Å². The molecule has 0 aliphatic carbocycles. The number of nitrogens with one attached hydrogen (secondary N) is 1. The highest BCUT2D eigenvalue weighted by Crippen LogP contribution is 2.19. The number of benzene rings is 2. The SMILES string of the molecule is COCc1cccc(CNC(=O)c2cccc(Br)c2C)c1. The fourth-order valence-corrected chi connectivity index (χ4v) is 2.49. The van der Waals surface area contributed by atoms with Crippen molar-refractivity contribution in [2.24, 2.45) is 0 Å². The van der Waals surface area contributed by atoms with E-state index in [2.05, 4.69) is 21.2 Å². The fourth-order valence-electron chi connectivity index (χ4n) is 2.13. The van der Waals surface area contributed by atoms with Crippen LogP contribution in [0.15, 0.2) is 46.9 Å². The minimum atomic E-state index is -0.0639. The van der Waals surface area contributed by atoms with Gasteiger partial charge in [0, 0.05) is 23.7 Å². The Morgan fingerprint density at radius 3 is 2.67 bits per heavy atom. The highest BCUT2D eigenvalue weighted by molar-refractivity contribution is 9.10. The number of halogens is 1. The molecule has 2 aromatic rings. The summed E-state index contributed by atoms with van der Waals surface area (Å²) in [5.74, 6) is -0.0639. The summed E-state index contributed by atoms with van der Waals surface area (Å²) in [5.41, 5.74) is 3.80. The first-order valence-electron chi connectivity index (χ1n) is 6.72. The number of carbonyl (C=O) groups excluding carboxylic acids is 1. The maximum absolute atomic E-state index is 12.2. The molecule has 0 atom stereocenters. The topological polar surface area (TPSA) is 38.3 Å². The number of carbonyl (C=O) groups is 1. The summed E-state index contributed by atoms with van der Waals surface area (Å²) < 4.78 is 6.06. The van der Waals surface area contributed by atoms with E-state index in [1.165, 1.54) is 0 Å². The van der Waals surface area contributed by atoms with Crippen molar-refractivity contribution >= 4 is 21.8 Å². The van der Waals surface area contributed by atoms with Crippen LogP contribution in [0.1, 0.15) is 27.0 Å². The third kappa shape index (κ3) is 4.16. The lowest BCUT2D eigenvalue weighted by Crippen LogP contribution is -2.23. The molecule has 0 radical (unpaired) electrons. The average molecular weight is 348 g/mol. The largest absolute Gasteiger partial charge is 0.380 e. The van der Waals surface area contributed by atoms with Crippen LogP contribution in [0.25, 0.3) is 0 Å². The van der Waals surface area contributed by atoms with Crippen molar-refractivity contribution < 1.29 is 9.53 Å². The molecule has 0 heterocycles. The van der Waals surface area contributed by atoms with E-state index in [0.29, 0.717) is 18.7 Å². The first kappa shape index (κ1) is 15.7. The van der Waals surface area contributed by atoms with Gasteiger partial charge in [0.05, 0.1) is 6.61 Å². The monoisotopic (exact) mass is 347 g/mol. The van der Waals surface area contributed by atoms with Crippen molar-refractivity contribution in [1.29, 1.82) is 0 Å². The lowest BCUT2D eigenvalue weighted by Gasteiger charge is -2.10. The molecule has 0 fully saturated rings. The number of amides is 1. The van der Waals surface area contributed by atoms with Gasteiger partial charge < -0.3 is 10.1 Å². The second kappa shape index (κ2) is 7.38. The van der Waals surface area contributed by atoms with Gasteiger partial charge in [0.1, 0.15) is 0 Å². The highest BCUT2D eigenvalue weighted by atomic mass is 79.9. The van der Waals surface area contributed by atoms with E-state index in [1.54, 1.807) is 7.11 Å². The number of methoxy groups -OCH3 is 1. The van der Waals surface area contributed by atoms with Crippen LogP contribution in [0, 0.1) is 6.92 Å². The van der Waals surface area contributed by atoms with Gasteiger partial charge in [0.15, 0.2) is 0 Å². The summed E-state index contributed by atoms with van der Waals surface area (Å²) in [7, 11) is 1.67. The highest BCUT2D eigenvalue weighted by Gasteiger charge is 2.10. The molecule has 0 saturated carbocycles. The van der Waals surface area contributed by atoms with Crippen LogP contribution in [-0.4, -0.2) is 13.0 Å². The van der Waals surface area contributed by atoms with Crippen LogP contribution in [-0.2, 0) is 17.9 Å². The molecule has 21 heavy (non-hydrogen) atoms. The van der Waals surface area contributed by atoms with Crippen LogP contribution in [0.4, 0.5) is 0 Å². The molecule has 2 aromatic carbocycles. The van der Waals surface area contributed by atoms with Gasteiger partial charge in [0.2, 0.25) is 0 Å². The van der Waals surface area contributed by atoms with Crippen molar-refractivity contribution in [3.63, 3.8) is 0 Å². The van der Waals surface area contributed by atoms with Gasteiger partial charge in [-0.3, -0.25) is 4.79 Å². The minimum absolute atomic E-state index is 0.0639. The van der Waals surface area contributed by atoms with E-state index in [-0.39, 0.29) is 5.91 Å². The molecular weight excluding hydrogens is 330 g/mol. The molecule has 1 amide bonds. The quantitative estimate of drug-likeness (QED) is 0.892. The minimum Gasteiger partial charge on any atom is -0.380 e. The summed E-state index contributed by atoms with van der Waals surface area (Å²) in [4.78, 5) is 12.2. The molecule has 0 unspecified atom stereocenters. The number of hydrogen-bond acceptors (Lipinski definition) is 2. The molecule has 110 valence electrons. The summed E-state index contributed by atoms with van der Waals surface area (Å²) in [6.45, 7) is 3.01. The predicted octanol–water partition coefficient (Wildman–Crippen LogP) is 3.83. The van der Waals surface area contributed by atoms with Crippen LogP contribution in [0.5, 0.6) is 0 Å². The van der Waals surface area contributed by atoms with Crippen molar-refractivity contribution in [2.45, 2.75) is 20.1 Å². The van der Waals surface area contributed by atoms with Crippen LogP contribution >= 0.6 is 15.9 Å². The number of rotatable bonds is 5. The Hall–Kier alpha value is -1.65. The summed E-state index contributed by atoms with van der Waals surface area (Å²) in [6.07, 6.45) is 0. The van der Waals surface area contributed by atoms with E-state index in [0.717, 1.165) is 21.2 Å². The van der Waals surface area contributed by atoms with Gasteiger partial charge in [0.25, 0.3) is 5.91 Å². The summed E-state index contributed by atoms with van der Waals surface area (Å²) >= 11 is 3.44. The predicted molar refractivity (Wildman–Crippen MR) is 87.2 cm³/mol. The third-order valence-electron chi connectivity index (χ3n) is 3.27. The molecule has 3 nitrogen and oxygen atoms in total. The van der Waals surface area contributed by atoms with E-state index < -0.39 is 0 Å². The van der Waals surface area contributed by atoms with E-state index in [9.17, 15) is 4.79 Å². The fraction of sp³-hybridized carbons (Fsp3) is 0.235. The molecular formula is C17H18BrNO2. The molecule has 0 saturated heterocycles. The molecule has 4 heteroatoms. The molecule has 0 spiro atoms. The molecule has 0 aromatic heterocycles. The van der Waals surface area contributed by atoms with Crippen molar-refractivity contribution in [1.82, 2.24) is 5.32 Å². The Balaban J connectivity index is 2.04. The van der Waals surface area contributed by atoms with Gasteiger partial charge in [-0.15, -0.1) is 0 Å². The van der Waals surface area contributed by atoms with Crippen LogP contribution < -0.4 is 5.32 Å². The molecule has 0 aliphatic heterocycles. The van der Waals surface area contributed by atoms with Crippen molar-refractivity contribution in [3.05, 3.63) is 69.2 Å². The Bertz CT molecular complexity index is 640. The van der Waals surface area contributed by atoms with E-state index in [1.807, 2.05) is 49.4 Å². The number of ether oxygens (including phenoxy) is 1. The average Bonchev–Trinajstić information content (AvgIpc) is 2.48. The van der Waals surface area contributed by atoms with Gasteiger partial charge in [-0.05, 0) is 35.7 Å². The first-order chi connectivity index (χ1) is 10.1. The maximum atomic E-state index is 12.2. The number of hydrogen-bond donors (Lipinski definition) is 1. The smallest absolute Gasteiger partial charge is 0.251 e. The van der Waals surface area contributed by atoms with Gasteiger partial charge in [-0.2, -0.15) is 0 Å². The molecule has 1 N–H and O–H groups in total. The molecule has 2 rings (SSSR count). The lowest BCUT2D eigenvalue weighted by atomic mass is 10.1. The van der Waals surface area contributed by atoms with Crippen molar-refractivity contribution in [3.8, 4) is 0 Å². The van der Waals surface area contributed by atoms with Crippen LogP contribution in [0.2, 0.25) is 0 Å². The lowest BCUT2D eigenvalue weighted by molar-refractivity contribution is 0.0950. The van der Waals surface area contributed by atoms with Gasteiger partial charge >= 0.3 is 0 Å². The standard InChI is InChI=1S/C17H18BrNO2/c1-12-15(7-4-8-16(12)18)17(20)19-10-13-5-3-6-14(9-13)11-21-2/h3-9H,10-11H2,1-2H3,(H,19,20). The second-order valence-corrected chi connectivity index (χ2v) is 5.70. The van der Waals surface area contributed by atoms with E-state index in [4.69, 9.17) is 4.74 Å². The van der Waals surface area contributed by atoms with Gasteiger partial charge in [-0.1, -0.05) is 46.3 Å². The Morgan fingerprint density at radius 2 is 1.90 bits per heavy atom. The summed E-state index contributed by atoms with van der Waals surface area (Å²) in [5, 5.41) is 2.95. The Morgan fingerprint density at radius 1 is 1.19 bits per heavy atom. The van der Waals surface area contributed by atoms with Crippen LogP contribution in [0.3, 0.4) is 0 Å². The maximum Gasteiger partial charge on any atom is 0.251 e. The molecule has 0 aliphatic rings. The second-order valence-electron chi connectivity index (χ2n) is 4.85. The Labute approximate surface area is 133 Å². The zero-order chi connectivity index (χ0) is 15.2. The molecule has 0 bridgehead atoms. The van der Waals surface area contributed by atoms with Gasteiger partial charge in [-0.25, -0.2) is 0 Å². The van der Waals surface area contributed by atoms with Crippen molar-refractivity contribution in [2.75, 3.05) is 7.11 Å². The summed E-state index contributed by atoms with van der Waals surface area (Å²) in [6, 6.07) is 13.6.